The van der Waals surface area contributed by atoms with E-state index in [9.17, 15) is 9.90 Å². The smallest absolute Gasteiger partial charge is 0.224 e. The van der Waals surface area contributed by atoms with Gasteiger partial charge in [-0.25, -0.2) is 4.98 Å². The lowest BCUT2D eigenvalue weighted by molar-refractivity contribution is -0.137. The molecule has 0 unspecified atom stereocenters. The number of carbonyl (C=O) groups is 1. The minimum Gasteiger partial charge on any atom is -0.486 e. The van der Waals surface area contributed by atoms with Crippen molar-refractivity contribution in [3.8, 4) is 17.2 Å². The standard InChI is InChI=1S/C23H25N3O5/c27-18-14-25(22(28)9-11-26-15-24-16-4-1-2-5-17(16)26)10-8-19(18)31-21-7-3-6-20-23(21)30-13-12-29-20/h1-7,15,18-19,27H,8-14H2/t18-,19-/m1/s1. The molecule has 31 heavy (non-hydrogen) atoms. The number of rotatable bonds is 5. The number of fused-ring (bicyclic) bond motifs is 2. The van der Waals surface area contributed by atoms with Crippen molar-refractivity contribution in [2.45, 2.75) is 31.6 Å². The van der Waals surface area contributed by atoms with E-state index in [1.54, 1.807) is 11.2 Å². The zero-order valence-electron chi connectivity index (χ0n) is 17.1. The summed E-state index contributed by atoms with van der Waals surface area (Å²) in [7, 11) is 0. The highest BCUT2D eigenvalue weighted by atomic mass is 16.6. The van der Waals surface area contributed by atoms with E-state index < -0.39 is 12.2 Å². The van der Waals surface area contributed by atoms with Crippen LogP contribution in [0.4, 0.5) is 0 Å². The van der Waals surface area contributed by atoms with Crippen molar-refractivity contribution < 1.29 is 24.1 Å². The summed E-state index contributed by atoms with van der Waals surface area (Å²) < 4.78 is 19.3. The fourth-order valence-corrected chi connectivity index (χ4v) is 4.14. The number of para-hydroxylation sites is 3. The van der Waals surface area contributed by atoms with E-state index in [4.69, 9.17) is 14.2 Å². The van der Waals surface area contributed by atoms with Crippen LogP contribution in [-0.2, 0) is 11.3 Å². The fraction of sp³-hybridized carbons (Fsp3) is 0.391. The van der Waals surface area contributed by atoms with E-state index in [2.05, 4.69) is 4.98 Å². The van der Waals surface area contributed by atoms with Gasteiger partial charge in [0.2, 0.25) is 11.7 Å². The molecule has 1 saturated heterocycles. The SMILES string of the molecule is O=C(CCn1cnc2ccccc21)N1CC[C@@H](Oc2cccc3c2OCCO3)[C@H](O)C1. The molecule has 2 aliphatic heterocycles. The van der Waals surface area contributed by atoms with Gasteiger partial charge in [-0.3, -0.25) is 4.79 Å². The Hall–Kier alpha value is -3.26. The predicted molar refractivity (Wildman–Crippen MR) is 113 cm³/mol. The first-order chi connectivity index (χ1) is 15.2. The Balaban J connectivity index is 1.18. The molecule has 0 saturated carbocycles. The van der Waals surface area contributed by atoms with Crippen LogP contribution in [0.3, 0.4) is 0 Å². The number of aryl methyl sites for hydroxylation is 1. The van der Waals surface area contributed by atoms with E-state index in [0.717, 1.165) is 11.0 Å². The van der Waals surface area contributed by atoms with Gasteiger partial charge < -0.3 is 28.8 Å². The summed E-state index contributed by atoms with van der Waals surface area (Å²) in [6.07, 6.45) is 1.49. The molecule has 0 spiro atoms. The Morgan fingerprint density at radius 3 is 2.94 bits per heavy atom. The first-order valence-electron chi connectivity index (χ1n) is 10.6. The van der Waals surface area contributed by atoms with Crippen LogP contribution in [0.5, 0.6) is 17.2 Å². The van der Waals surface area contributed by atoms with Crippen molar-refractivity contribution in [2.24, 2.45) is 0 Å². The Kier molecular flexibility index (Phi) is 5.38. The molecule has 0 aliphatic carbocycles. The number of piperidine rings is 1. The Morgan fingerprint density at radius 2 is 2.03 bits per heavy atom. The molecule has 2 aromatic carbocycles. The van der Waals surface area contributed by atoms with Crippen LogP contribution in [-0.4, -0.2) is 64.0 Å². The maximum atomic E-state index is 12.7. The molecule has 3 heterocycles. The number of aliphatic hydroxyl groups is 1. The molecule has 0 bridgehead atoms. The predicted octanol–water partition coefficient (Wildman–Crippen LogP) is 2.24. The second-order valence-corrected chi connectivity index (χ2v) is 7.81. The van der Waals surface area contributed by atoms with Gasteiger partial charge in [-0.05, 0) is 24.3 Å². The van der Waals surface area contributed by atoms with Crippen LogP contribution in [0.2, 0.25) is 0 Å². The summed E-state index contributed by atoms with van der Waals surface area (Å²) in [5.74, 6) is 1.81. The van der Waals surface area contributed by atoms with Gasteiger partial charge in [-0.15, -0.1) is 0 Å². The maximum absolute atomic E-state index is 12.7. The molecule has 2 atom stereocenters. The van der Waals surface area contributed by atoms with Gasteiger partial charge in [0.05, 0.1) is 23.9 Å². The van der Waals surface area contributed by atoms with Crippen LogP contribution in [0, 0.1) is 0 Å². The Labute approximate surface area is 180 Å². The molecular formula is C23H25N3O5. The van der Waals surface area contributed by atoms with Gasteiger partial charge in [0, 0.05) is 25.9 Å². The highest BCUT2D eigenvalue weighted by Crippen LogP contribution is 2.40. The monoisotopic (exact) mass is 423 g/mol. The highest BCUT2D eigenvalue weighted by molar-refractivity contribution is 5.77. The molecule has 5 rings (SSSR count). The zero-order chi connectivity index (χ0) is 21.2. The first-order valence-corrected chi connectivity index (χ1v) is 10.6. The van der Waals surface area contributed by atoms with E-state index >= 15 is 0 Å². The van der Waals surface area contributed by atoms with Crippen LogP contribution < -0.4 is 14.2 Å². The number of hydrogen-bond donors (Lipinski definition) is 1. The lowest BCUT2D eigenvalue weighted by atomic mass is 10.0. The lowest BCUT2D eigenvalue weighted by Crippen LogP contribution is -2.51. The molecule has 1 fully saturated rings. The van der Waals surface area contributed by atoms with Crippen LogP contribution in [0.25, 0.3) is 11.0 Å². The van der Waals surface area contributed by atoms with Gasteiger partial charge in [0.1, 0.15) is 25.4 Å². The minimum absolute atomic E-state index is 0.0177. The van der Waals surface area contributed by atoms with Gasteiger partial charge in [0.15, 0.2) is 11.5 Å². The molecule has 1 amide bonds. The number of benzene rings is 2. The quantitative estimate of drug-likeness (QED) is 0.677. The van der Waals surface area contributed by atoms with Crippen molar-refractivity contribution in [3.63, 3.8) is 0 Å². The minimum atomic E-state index is -0.771. The molecule has 0 radical (unpaired) electrons. The normalized spacial score (nSPS) is 20.6. The average Bonchev–Trinajstić information content (AvgIpc) is 3.22. The highest BCUT2D eigenvalue weighted by Gasteiger charge is 2.32. The number of ether oxygens (including phenoxy) is 3. The summed E-state index contributed by atoms with van der Waals surface area (Å²) >= 11 is 0. The van der Waals surface area contributed by atoms with Crippen molar-refractivity contribution in [1.29, 1.82) is 0 Å². The molecule has 1 N–H and O–H groups in total. The third-order valence-electron chi connectivity index (χ3n) is 5.78. The fourth-order valence-electron chi connectivity index (χ4n) is 4.14. The summed E-state index contributed by atoms with van der Waals surface area (Å²) in [4.78, 5) is 18.8. The van der Waals surface area contributed by atoms with E-state index in [-0.39, 0.29) is 12.5 Å². The lowest BCUT2D eigenvalue weighted by Gasteiger charge is -2.36. The van der Waals surface area contributed by atoms with Gasteiger partial charge in [-0.2, -0.15) is 0 Å². The number of amides is 1. The number of β-amino-alcohol motifs (C(OH)–C–C–N with tert-alkyl or cyclic N) is 1. The molecular weight excluding hydrogens is 398 g/mol. The largest absolute Gasteiger partial charge is 0.486 e. The van der Waals surface area contributed by atoms with Crippen LogP contribution in [0.15, 0.2) is 48.8 Å². The second kappa shape index (κ2) is 8.47. The maximum Gasteiger partial charge on any atom is 0.224 e. The summed E-state index contributed by atoms with van der Waals surface area (Å²) in [6, 6.07) is 13.4. The van der Waals surface area contributed by atoms with Crippen molar-refractivity contribution in [3.05, 3.63) is 48.8 Å². The number of imidazole rings is 1. The molecule has 162 valence electrons. The number of carbonyl (C=O) groups excluding carboxylic acids is 1. The molecule has 8 nitrogen and oxygen atoms in total. The molecule has 2 aliphatic rings. The molecule has 1 aromatic heterocycles. The topological polar surface area (TPSA) is 86.1 Å². The summed E-state index contributed by atoms with van der Waals surface area (Å²) in [5.41, 5.74) is 1.93. The number of hydrogen-bond acceptors (Lipinski definition) is 6. The molecule has 3 aromatic rings. The van der Waals surface area contributed by atoms with Crippen LogP contribution in [0.1, 0.15) is 12.8 Å². The third kappa shape index (κ3) is 4.03. The Morgan fingerprint density at radius 1 is 1.16 bits per heavy atom. The van der Waals surface area contributed by atoms with E-state index in [1.807, 2.05) is 47.0 Å². The zero-order valence-corrected chi connectivity index (χ0v) is 17.1. The van der Waals surface area contributed by atoms with Crippen molar-refractivity contribution >= 4 is 16.9 Å². The van der Waals surface area contributed by atoms with Crippen molar-refractivity contribution in [1.82, 2.24) is 14.5 Å². The van der Waals surface area contributed by atoms with E-state index in [1.165, 1.54) is 0 Å². The second-order valence-electron chi connectivity index (χ2n) is 7.81. The average molecular weight is 423 g/mol. The Bertz CT molecular complexity index is 1080. The third-order valence-corrected chi connectivity index (χ3v) is 5.78. The van der Waals surface area contributed by atoms with Gasteiger partial charge >= 0.3 is 0 Å². The first kappa shape index (κ1) is 19.7. The number of likely N-dealkylation sites (tertiary alicyclic amines) is 1. The number of aliphatic hydroxyl groups excluding tert-OH is 1. The van der Waals surface area contributed by atoms with E-state index in [0.29, 0.717) is 56.4 Å². The van der Waals surface area contributed by atoms with Crippen LogP contribution >= 0.6 is 0 Å². The summed E-state index contributed by atoms with van der Waals surface area (Å²) in [6.45, 7) is 2.32. The van der Waals surface area contributed by atoms with Gasteiger partial charge in [0.25, 0.3) is 0 Å². The van der Waals surface area contributed by atoms with Gasteiger partial charge in [-0.1, -0.05) is 18.2 Å². The number of aromatic nitrogens is 2. The molecule has 8 heteroatoms. The van der Waals surface area contributed by atoms with Crippen molar-refractivity contribution in [2.75, 3.05) is 26.3 Å². The number of nitrogens with zero attached hydrogens (tertiary/aromatic N) is 3. The summed E-state index contributed by atoms with van der Waals surface area (Å²) in [5, 5.41) is 10.6.